The van der Waals surface area contributed by atoms with Crippen LogP contribution in [0.2, 0.25) is 0 Å². The maximum atomic E-state index is 14.4. The fourth-order valence-corrected chi connectivity index (χ4v) is 8.67. The van der Waals surface area contributed by atoms with Gasteiger partial charge in [0.25, 0.3) is 5.91 Å². The van der Waals surface area contributed by atoms with Gasteiger partial charge < -0.3 is 25.0 Å². The summed E-state index contributed by atoms with van der Waals surface area (Å²) < 4.78 is 12.1. The summed E-state index contributed by atoms with van der Waals surface area (Å²) in [6.07, 6.45) is 3.00. The van der Waals surface area contributed by atoms with Gasteiger partial charge in [0.05, 0.1) is 49.3 Å². The number of nitrogens with zero attached hydrogens (tertiary/aromatic N) is 3. The van der Waals surface area contributed by atoms with Gasteiger partial charge in [-0.1, -0.05) is 85.2 Å². The molecular weight excluding hydrogens is 729 g/mol. The molecule has 14 nitrogen and oxygen atoms in total. The summed E-state index contributed by atoms with van der Waals surface area (Å²) in [5.74, 6) is -2.35. The highest BCUT2D eigenvalue weighted by Gasteiger charge is 2.44. The number of likely N-dealkylation sites (tertiary alicyclic amines) is 1. The Morgan fingerprint density at radius 1 is 0.895 bits per heavy atom. The maximum absolute atomic E-state index is 14.4. The van der Waals surface area contributed by atoms with E-state index < -0.39 is 36.3 Å². The van der Waals surface area contributed by atoms with Crippen LogP contribution in [0.15, 0.2) is 30.3 Å². The van der Waals surface area contributed by atoms with Crippen LogP contribution in [0, 0.1) is 23.7 Å². The van der Waals surface area contributed by atoms with E-state index in [4.69, 9.17) is 14.3 Å². The monoisotopic (exact) mass is 801 g/mol. The zero-order valence-corrected chi connectivity index (χ0v) is 36.4. The second-order valence-corrected chi connectivity index (χ2v) is 16.6. The minimum Gasteiger partial charge on any atom is -0.379 e. The first-order chi connectivity index (χ1) is 27.1. The molecule has 5 amide bonds. The quantitative estimate of drug-likeness (QED) is 0.168. The highest BCUT2D eigenvalue weighted by Crippen LogP contribution is 2.30. The lowest BCUT2D eigenvalue weighted by Crippen LogP contribution is -2.60. The zero-order chi connectivity index (χ0) is 42.4. The molecule has 2 aliphatic rings. The molecule has 3 rings (SSSR count). The van der Waals surface area contributed by atoms with Crippen LogP contribution in [0.25, 0.3) is 0 Å². The van der Waals surface area contributed by atoms with Crippen molar-refractivity contribution in [2.24, 2.45) is 23.7 Å². The van der Waals surface area contributed by atoms with E-state index in [1.807, 2.05) is 70.0 Å². The third kappa shape index (κ3) is 12.8. The van der Waals surface area contributed by atoms with Crippen LogP contribution in [-0.2, 0) is 44.7 Å². The highest BCUT2D eigenvalue weighted by molar-refractivity contribution is 6.00. The normalized spacial score (nSPS) is 20.4. The lowest BCUT2D eigenvalue weighted by Gasteiger charge is -2.43. The molecule has 0 aromatic heterocycles. The molecule has 322 valence electrons. The molecule has 0 saturated carbocycles. The Morgan fingerprint density at radius 3 is 2.12 bits per heavy atom. The average molecular weight is 801 g/mol. The van der Waals surface area contributed by atoms with Crippen molar-refractivity contribution in [3.05, 3.63) is 35.9 Å². The van der Waals surface area contributed by atoms with Gasteiger partial charge in [0.1, 0.15) is 6.04 Å². The van der Waals surface area contributed by atoms with E-state index in [0.717, 1.165) is 31.2 Å². The molecule has 2 saturated heterocycles. The van der Waals surface area contributed by atoms with Gasteiger partial charge in [0.15, 0.2) is 0 Å². The van der Waals surface area contributed by atoms with Crippen molar-refractivity contribution in [1.29, 1.82) is 0 Å². The van der Waals surface area contributed by atoms with Crippen molar-refractivity contribution in [2.45, 2.75) is 136 Å². The Balaban J connectivity index is 1.80. The van der Waals surface area contributed by atoms with E-state index in [9.17, 15) is 24.0 Å². The number of nitrogens with one attached hydrogen (secondary N) is 3. The third-order valence-electron chi connectivity index (χ3n) is 11.9. The number of methoxy groups -OCH3 is 2. The molecule has 1 aromatic carbocycles. The second kappa shape index (κ2) is 23.2. The maximum Gasteiger partial charge on any atom is 0.269 e. The van der Waals surface area contributed by atoms with Crippen LogP contribution in [0.4, 0.5) is 0 Å². The SMILES string of the molecule is CC[C@H](C)[C@@H]([C@@H](CC(=O)N1CCC[C@H]1[C@H](OC)[C@@H](C)C(=O)N[C@H](Cc1ccccc1)C(=O)N1CCCCO1)OC)N(C)[C@H](C(=O)NC(=O)[C@@H](NC)C(C)C)C(C)C. The van der Waals surface area contributed by atoms with Crippen molar-refractivity contribution < 1.29 is 38.3 Å². The average Bonchev–Trinajstić information content (AvgIpc) is 3.67. The molecule has 9 atom stereocenters. The molecule has 0 unspecified atom stereocenters. The number of benzene rings is 1. The van der Waals surface area contributed by atoms with E-state index in [1.54, 1.807) is 33.1 Å². The Hall–Kier alpha value is -3.43. The van der Waals surface area contributed by atoms with Gasteiger partial charge in [-0.2, -0.15) is 0 Å². The van der Waals surface area contributed by atoms with Crippen LogP contribution < -0.4 is 16.0 Å². The highest BCUT2D eigenvalue weighted by atomic mass is 16.7. The van der Waals surface area contributed by atoms with Gasteiger partial charge in [-0.3, -0.25) is 39.0 Å². The van der Waals surface area contributed by atoms with Gasteiger partial charge in [0.2, 0.25) is 23.6 Å². The first-order valence-corrected chi connectivity index (χ1v) is 21.0. The number of ether oxygens (including phenoxy) is 2. The molecule has 2 aliphatic heterocycles. The van der Waals surface area contributed by atoms with Gasteiger partial charge in [-0.15, -0.1) is 0 Å². The fourth-order valence-electron chi connectivity index (χ4n) is 8.67. The van der Waals surface area contributed by atoms with Crippen LogP contribution in [0.1, 0.15) is 92.6 Å². The van der Waals surface area contributed by atoms with Crippen molar-refractivity contribution in [3.63, 3.8) is 0 Å². The summed E-state index contributed by atoms with van der Waals surface area (Å²) in [4.78, 5) is 78.4. The molecule has 57 heavy (non-hydrogen) atoms. The molecule has 0 bridgehead atoms. The molecular formula is C43H72N6O8. The molecule has 3 N–H and O–H groups in total. The van der Waals surface area contributed by atoms with Crippen LogP contribution in [0.5, 0.6) is 0 Å². The number of likely N-dealkylation sites (N-methyl/N-ethyl adjacent to an activating group) is 2. The van der Waals surface area contributed by atoms with Crippen LogP contribution in [-0.4, -0.2) is 135 Å². The summed E-state index contributed by atoms with van der Waals surface area (Å²) >= 11 is 0. The fraction of sp³-hybridized carbons (Fsp3) is 0.744. The van der Waals surface area contributed by atoms with Gasteiger partial charge >= 0.3 is 0 Å². The Kier molecular flexibility index (Phi) is 19.5. The van der Waals surface area contributed by atoms with E-state index in [0.29, 0.717) is 32.5 Å². The van der Waals surface area contributed by atoms with Crippen LogP contribution in [0.3, 0.4) is 0 Å². The zero-order valence-electron chi connectivity index (χ0n) is 36.4. The van der Waals surface area contributed by atoms with E-state index >= 15 is 0 Å². The lowest BCUT2D eigenvalue weighted by atomic mass is 9.87. The number of hydrogen-bond donors (Lipinski definition) is 3. The predicted molar refractivity (Wildman–Crippen MR) is 220 cm³/mol. The Bertz CT molecular complexity index is 1440. The number of hydrogen-bond acceptors (Lipinski definition) is 10. The first-order valence-electron chi connectivity index (χ1n) is 21.0. The number of carbonyl (C=O) groups excluding carboxylic acids is 5. The molecule has 0 radical (unpaired) electrons. The molecule has 2 heterocycles. The molecule has 1 aromatic rings. The summed E-state index contributed by atoms with van der Waals surface area (Å²) in [7, 11) is 6.71. The molecule has 14 heteroatoms. The topological polar surface area (TPSA) is 159 Å². The predicted octanol–water partition coefficient (Wildman–Crippen LogP) is 3.57. The van der Waals surface area contributed by atoms with E-state index in [-0.39, 0.29) is 65.8 Å². The summed E-state index contributed by atoms with van der Waals surface area (Å²) in [5, 5.41) is 10.0. The standard InChI is InChI=1S/C43H72N6O8/c1-12-29(6)38(47(9)37(28(4)5)42(53)46-41(52)36(44-8)27(2)3)34(55-10)26-35(50)48-22-18-21-33(48)39(56-11)30(7)40(51)45-32(25-31-19-14-13-15-20-31)43(54)49-23-16-17-24-57-49/h13-15,19-20,27-30,32-34,36-39,44H,12,16-18,21-26H2,1-11H3,(H,45,51)(H,46,52,53)/t29-,30+,32+,33-,34+,36-,37-,38-,39+/m0/s1. The van der Waals surface area contributed by atoms with Gasteiger partial charge in [0, 0.05) is 39.8 Å². The molecule has 0 spiro atoms. The number of carbonyl (C=O) groups is 5. The second-order valence-electron chi connectivity index (χ2n) is 16.6. The summed E-state index contributed by atoms with van der Waals surface area (Å²) in [6, 6.07) is 6.82. The summed E-state index contributed by atoms with van der Waals surface area (Å²) in [5.41, 5.74) is 0.910. The van der Waals surface area contributed by atoms with Crippen LogP contribution >= 0.6 is 0 Å². The number of hydroxylamine groups is 2. The third-order valence-corrected chi connectivity index (χ3v) is 11.9. The minimum atomic E-state index is -0.842. The van der Waals surface area contributed by atoms with Crippen molar-refractivity contribution in [1.82, 2.24) is 30.8 Å². The van der Waals surface area contributed by atoms with E-state index in [2.05, 4.69) is 29.8 Å². The molecule has 0 aliphatic carbocycles. The minimum absolute atomic E-state index is 0.0143. The van der Waals surface area contributed by atoms with Crippen molar-refractivity contribution in [3.8, 4) is 0 Å². The Morgan fingerprint density at radius 2 is 1.58 bits per heavy atom. The lowest BCUT2D eigenvalue weighted by molar-refractivity contribution is -0.199. The van der Waals surface area contributed by atoms with Crippen molar-refractivity contribution in [2.75, 3.05) is 48.0 Å². The number of amides is 5. The smallest absolute Gasteiger partial charge is 0.269 e. The summed E-state index contributed by atoms with van der Waals surface area (Å²) in [6.45, 7) is 15.1. The molecule has 2 fully saturated rings. The van der Waals surface area contributed by atoms with Gasteiger partial charge in [-0.25, -0.2) is 5.06 Å². The number of imide groups is 1. The largest absolute Gasteiger partial charge is 0.379 e. The van der Waals surface area contributed by atoms with Crippen molar-refractivity contribution >= 4 is 29.5 Å². The first kappa shape index (κ1) is 47.9. The van der Waals surface area contributed by atoms with E-state index in [1.165, 1.54) is 5.06 Å². The number of rotatable bonds is 21. The van der Waals surface area contributed by atoms with Gasteiger partial charge in [-0.05, 0) is 63.1 Å². The Labute approximate surface area is 341 Å².